The zero-order valence-electron chi connectivity index (χ0n) is 5.79. The standard InChI is InChI=1S/C3H5N6.Na/c1-2(5-4)3-6-8-9-7-3;/h4H,1H3,(H,6,7,8,9);/q-1;+1/b5-2+;. The molecular formula is C3H5N6Na. The smallest absolute Gasteiger partial charge is 0.616 e. The van der Waals surface area contributed by atoms with Crippen molar-refractivity contribution in [1.29, 1.82) is 0 Å². The summed E-state index contributed by atoms with van der Waals surface area (Å²) in [7, 11) is 0. The second-order valence-electron chi connectivity index (χ2n) is 1.43. The van der Waals surface area contributed by atoms with E-state index < -0.39 is 0 Å². The van der Waals surface area contributed by atoms with Crippen molar-refractivity contribution in [2.75, 3.05) is 0 Å². The maximum absolute atomic E-state index is 6.55. The zero-order chi connectivity index (χ0) is 6.69. The van der Waals surface area contributed by atoms with E-state index in [-0.39, 0.29) is 29.6 Å². The molecule has 0 aliphatic rings. The monoisotopic (exact) mass is 148 g/mol. The third-order valence-corrected chi connectivity index (χ3v) is 0.837. The van der Waals surface area contributed by atoms with Gasteiger partial charge in [-0.25, -0.2) is 0 Å². The van der Waals surface area contributed by atoms with Gasteiger partial charge in [0.15, 0.2) is 0 Å². The van der Waals surface area contributed by atoms with Crippen molar-refractivity contribution in [1.82, 2.24) is 20.6 Å². The molecule has 0 radical (unpaired) electrons. The molecule has 0 bridgehead atoms. The van der Waals surface area contributed by atoms with E-state index in [0.717, 1.165) is 0 Å². The van der Waals surface area contributed by atoms with Crippen LogP contribution < -0.4 is 29.6 Å². The van der Waals surface area contributed by atoms with Crippen LogP contribution in [0.2, 0.25) is 0 Å². The van der Waals surface area contributed by atoms with Crippen LogP contribution in [0.3, 0.4) is 0 Å². The predicted octanol–water partition coefficient (Wildman–Crippen LogP) is -3.02. The summed E-state index contributed by atoms with van der Waals surface area (Å²) in [6, 6.07) is 0. The first kappa shape index (κ1) is 9.54. The molecule has 0 aliphatic heterocycles. The predicted molar refractivity (Wildman–Crippen MR) is 30.7 cm³/mol. The second kappa shape index (κ2) is 4.37. The molecule has 0 saturated heterocycles. The number of rotatable bonds is 1. The summed E-state index contributed by atoms with van der Waals surface area (Å²) in [5, 5.41) is 15.8. The number of nitrogens with zero attached hydrogens (tertiary/aromatic N) is 4. The van der Waals surface area contributed by atoms with Gasteiger partial charge in [0.05, 0.1) is 5.71 Å². The molecule has 1 aromatic heterocycles. The molecule has 2 N–H and O–H groups in total. The van der Waals surface area contributed by atoms with Gasteiger partial charge in [0, 0.05) is 0 Å². The van der Waals surface area contributed by atoms with Crippen LogP contribution in [0.15, 0.2) is 5.10 Å². The maximum atomic E-state index is 6.55. The fraction of sp³-hybridized carbons (Fsp3) is 0.333. The van der Waals surface area contributed by atoms with E-state index in [1.165, 1.54) is 0 Å². The number of aromatic nitrogens is 4. The Morgan fingerprint density at radius 3 is 2.80 bits per heavy atom. The molecule has 10 heavy (non-hydrogen) atoms. The van der Waals surface area contributed by atoms with Gasteiger partial charge >= 0.3 is 29.6 Å². The molecule has 0 unspecified atom stereocenters. The number of aromatic amines is 1. The third kappa shape index (κ3) is 2.05. The average Bonchev–Trinajstić information content (AvgIpc) is 2.37. The van der Waals surface area contributed by atoms with E-state index >= 15 is 0 Å². The summed E-state index contributed by atoms with van der Waals surface area (Å²) in [4.78, 5) is 0. The molecule has 0 amide bonds. The molecule has 1 rings (SSSR count). The summed E-state index contributed by atoms with van der Waals surface area (Å²) in [6.45, 7) is 1.64. The Bertz CT molecular complexity index is 203. The van der Waals surface area contributed by atoms with Crippen LogP contribution in [0.5, 0.6) is 0 Å². The maximum Gasteiger partial charge on any atom is 1.00 e. The Balaban J connectivity index is 0.000000810. The van der Waals surface area contributed by atoms with Gasteiger partial charge in [-0.2, -0.15) is 5.21 Å². The van der Waals surface area contributed by atoms with Crippen molar-refractivity contribution in [3.63, 3.8) is 0 Å². The minimum Gasteiger partial charge on any atom is -0.616 e. The first-order chi connectivity index (χ1) is 4.34. The van der Waals surface area contributed by atoms with E-state index in [2.05, 4.69) is 25.7 Å². The number of nitrogens with one attached hydrogen (secondary N) is 2. The second-order valence-corrected chi connectivity index (χ2v) is 1.43. The molecule has 48 valence electrons. The van der Waals surface area contributed by atoms with Crippen molar-refractivity contribution in [2.45, 2.75) is 6.92 Å². The van der Waals surface area contributed by atoms with Crippen molar-refractivity contribution in [3.8, 4) is 0 Å². The van der Waals surface area contributed by atoms with Gasteiger partial charge in [-0.15, -0.1) is 10.2 Å². The fourth-order valence-electron chi connectivity index (χ4n) is 0.365. The van der Waals surface area contributed by atoms with Gasteiger partial charge in [0.1, 0.15) is 0 Å². The van der Waals surface area contributed by atoms with Crippen LogP contribution >= 0.6 is 0 Å². The molecule has 7 heteroatoms. The fourth-order valence-corrected chi connectivity index (χ4v) is 0.365. The molecule has 0 saturated carbocycles. The Hall–Kier alpha value is -0.460. The van der Waals surface area contributed by atoms with E-state index in [1.54, 1.807) is 6.92 Å². The number of hydrogen-bond donors (Lipinski definition) is 1. The first-order valence-corrected chi connectivity index (χ1v) is 2.29. The third-order valence-electron chi connectivity index (χ3n) is 0.837. The Labute approximate surface area is 79.6 Å². The summed E-state index contributed by atoms with van der Waals surface area (Å²) < 4.78 is 0. The molecule has 0 spiro atoms. The van der Waals surface area contributed by atoms with Crippen molar-refractivity contribution in [2.24, 2.45) is 5.10 Å². The number of hydrogen-bond acceptors (Lipinski definition) is 4. The van der Waals surface area contributed by atoms with Crippen LogP contribution in [0.4, 0.5) is 0 Å². The minimum atomic E-state index is 0. The van der Waals surface area contributed by atoms with E-state index in [9.17, 15) is 0 Å². The molecule has 1 heterocycles. The minimum absolute atomic E-state index is 0. The Morgan fingerprint density at radius 2 is 2.40 bits per heavy atom. The molecule has 0 atom stereocenters. The Morgan fingerprint density at radius 1 is 1.70 bits per heavy atom. The van der Waals surface area contributed by atoms with Gasteiger partial charge in [0.25, 0.3) is 0 Å². The van der Waals surface area contributed by atoms with Crippen molar-refractivity contribution >= 4 is 5.71 Å². The quantitative estimate of drug-likeness (QED) is 0.261. The van der Waals surface area contributed by atoms with E-state index in [4.69, 9.17) is 5.84 Å². The largest absolute Gasteiger partial charge is 1.00 e. The molecule has 0 aliphatic carbocycles. The summed E-state index contributed by atoms with van der Waals surface area (Å²) in [5.41, 5.74) is 0.448. The van der Waals surface area contributed by atoms with Crippen LogP contribution in [0.1, 0.15) is 12.7 Å². The molecular weight excluding hydrogens is 143 g/mol. The number of H-pyrrole nitrogens is 1. The van der Waals surface area contributed by atoms with Crippen LogP contribution in [0.25, 0.3) is 5.84 Å². The van der Waals surface area contributed by atoms with Gasteiger partial charge < -0.3 is 10.9 Å². The van der Waals surface area contributed by atoms with Gasteiger partial charge in [-0.3, -0.25) is 0 Å². The van der Waals surface area contributed by atoms with Crippen molar-refractivity contribution in [3.05, 3.63) is 11.7 Å². The van der Waals surface area contributed by atoms with Crippen LogP contribution in [0, 0.1) is 0 Å². The number of tetrazole rings is 1. The van der Waals surface area contributed by atoms with Gasteiger partial charge in [-0.1, -0.05) is 0 Å². The summed E-state index contributed by atoms with van der Waals surface area (Å²) in [6.07, 6.45) is 0. The molecule has 1 aromatic rings. The van der Waals surface area contributed by atoms with Crippen LogP contribution in [-0.2, 0) is 0 Å². The SMILES string of the molecule is C/C(=N\[NH-])c1nn[nH]n1.[Na+]. The molecule has 0 aromatic carbocycles. The average molecular weight is 148 g/mol. The van der Waals surface area contributed by atoms with Crippen LogP contribution in [-0.4, -0.2) is 26.3 Å². The summed E-state index contributed by atoms with van der Waals surface area (Å²) in [5.74, 6) is 6.92. The normalized spacial score (nSPS) is 10.7. The van der Waals surface area contributed by atoms with Gasteiger partial charge in [0.2, 0.25) is 5.82 Å². The molecule has 6 nitrogen and oxygen atoms in total. The van der Waals surface area contributed by atoms with E-state index in [1.807, 2.05) is 0 Å². The van der Waals surface area contributed by atoms with E-state index in [0.29, 0.717) is 11.5 Å². The first-order valence-electron chi connectivity index (χ1n) is 2.29. The van der Waals surface area contributed by atoms with Crippen molar-refractivity contribution < 1.29 is 29.6 Å². The zero-order valence-corrected chi connectivity index (χ0v) is 7.79. The Kier molecular flexibility index (Phi) is 4.17. The van der Waals surface area contributed by atoms with Gasteiger partial charge in [-0.05, 0) is 12.1 Å². The summed E-state index contributed by atoms with van der Waals surface area (Å²) >= 11 is 0. The topological polar surface area (TPSA) is 90.6 Å². The molecule has 0 fully saturated rings.